The van der Waals surface area contributed by atoms with Gasteiger partial charge in [0.2, 0.25) is 5.88 Å². The molecular formula is C33H37N5O2Pt. The van der Waals surface area contributed by atoms with Gasteiger partial charge in [-0.25, -0.2) is 4.98 Å². The number of rotatable bonds is 7. The summed E-state index contributed by atoms with van der Waals surface area (Å²) in [6.07, 6.45) is 1.78. The molecule has 0 bridgehead atoms. The molecule has 4 heterocycles. The van der Waals surface area contributed by atoms with E-state index >= 15 is 0 Å². The van der Waals surface area contributed by atoms with E-state index in [0.717, 1.165) is 39.7 Å². The fourth-order valence-corrected chi connectivity index (χ4v) is 4.84. The van der Waals surface area contributed by atoms with Crippen LogP contribution in [0.2, 0.25) is 0 Å². The quantitative estimate of drug-likeness (QED) is 0.158. The Hall–Kier alpha value is -3.44. The summed E-state index contributed by atoms with van der Waals surface area (Å²) in [6, 6.07) is 20.4. The predicted molar refractivity (Wildman–Crippen MR) is 157 cm³/mol. The zero-order valence-electron chi connectivity index (χ0n) is 25.1. The summed E-state index contributed by atoms with van der Waals surface area (Å²) in [5.74, 6) is 2.45. The molecule has 0 aliphatic carbocycles. The Balaban J connectivity index is 0.00000387. The van der Waals surface area contributed by atoms with E-state index in [-0.39, 0.29) is 38.3 Å². The summed E-state index contributed by atoms with van der Waals surface area (Å²) in [5.41, 5.74) is 6.72. The van der Waals surface area contributed by atoms with Gasteiger partial charge in [-0.15, -0.1) is 30.3 Å². The van der Waals surface area contributed by atoms with Gasteiger partial charge in [0.25, 0.3) is 0 Å². The second-order valence-electron chi connectivity index (χ2n) is 11.9. The van der Waals surface area contributed by atoms with Gasteiger partial charge in [0.1, 0.15) is 5.88 Å². The maximum Gasteiger partial charge on any atom is 2.00 e. The number of benzene rings is 1. The Morgan fingerprint density at radius 3 is 2.27 bits per heavy atom. The summed E-state index contributed by atoms with van der Waals surface area (Å²) < 4.78 is 16.7. The fraction of sp³-hybridized carbons (Fsp3) is 0.364. The van der Waals surface area contributed by atoms with Crippen LogP contribution in [-0.2, 0) is 26.5 Å². The third kappa shape index (κ3) is 6.41. The Labute approximate surface area is 257 Å². The van der Waals surface area contributed by atoms with E-state index in [0.29, 0.717) is 23.3 Å². The van der Waals surface area contributed by atoms with Crippen molar-refractivity contribution >= 4 is 5.65 Å². The van der Waals surface area contributed by atoms with Crippen LogP contribution in [0.1, 0.15) is 88.6 Å². The van der Waals surface area contributed by atoms with Gasteiger partial charge in [0.05, 0.1) is 17.0 Å². The van der Waals surface area contributed by atoms with Gasteiger partial charge in [-0.2, -0.15) is 11.2 Å². The number of nitrogens with zero attached hydrogens (tertiary/aromatic N) is 5. The van der Waals surface area contributed by atoms with E-state index < -0.39 is 0 Å². The first kappa shape index (κ1) is 30.5. The van der Waals surface area contributed by atoms with Crippen LogP contribution in [0.25, 0.3) is 11.3 Å². The minimum Gasteiger partial charge on any atom is -0.521 e. The molecule has 0 N–H and O–H groups in total. The number of fused-ring (bicyclic) bond motifs is 1. The van der Waals surface area contributed by atoms with E-state index in [9.17, 15) is 0 Å². The van der Waals surface area contributed by atoms with Crippen molar-refractivity contribution in [3.05, 3.63) is 89.1 Å². The van der Waals surface area contributed by atoms with Crippen LogP contribution in [-0.4, -0.2) is 24.1 Å². The molecule has 0 atom stereocenters. The Morgan fingerprint density at radius 1 is 0.878 bits per heavy atom. The van der Waals surface area contributed by atoms with Gasteiger partial charge < -0.3 is 9.47 Å². The number of hydrogen-bond donors (Lipinski definition) is 0. The van der Waals surface area contributed by atoms with Gasteiger partial charge >= 0.3 is 21.1 Å². The van der Waals surface area contributed by atoms with E-state index in [1.165, 1.54) is 0 Å². The van der Waals surface area contributed by atoms with Crippen LogP contribution in [0.5, 0.6) is 23.3 Å². The number of aromatic nitrogens is 5. The summed E-state index contributed by atoms with van der Waals surface area (Å²) in [4.78, 5) is 9.52. The van der Waals surface area contributed by atoms with Crippen molar-refractivity contribution < 1.29 is 30.5 Å². The minimum atomic E-state index is -0.0414. The van der Waals surface area contributed by atoms with Crippen molar-refractivity contribution in [1.29, 1.82) is 0 Å². The van der Waals surface area contributed by atoms with E-state index in [1.54, 1.807) is 6.20 Å². The van der Waals surface area contributed by atoms with Crippen LogP contribution >= 0.6 is 0 Å². The molecule has 0 fully saturated rings. The van der Waals surface area contributed by atoms with Crippen molar-refractivity contribution in [2.75, 3.05) is 0 Å². The molecule has 216 valence electrons. The molecule has 5 rings (SSSR count). The van der Waals surface area contributed by atoms with Crippen molar-refractivity contribution in [2.24, 2.45) is 0 Å². The van der Waals surface area contributed by atoms with Crippen molar-refractivity contribution in [3.63, 3.8) is 0 Å². The fourth-order valence-electron chi connectivity index (χ4n) is 4.84. The summed E-state index contributed by atoms with van der Waals surface area (Å²) in [6.45, 7) is 19.2. The van der Waals surface area contributed by atoms with Crippen LogP contribution in [0.15, 0.2) is 48.7 Å². The molecule has 0 saturated carbocycles. The number of ether oxygens (including phenoxy) is 2. The van der Waals surface area contributed by atoms with E-state index in [1.807, 2.05) is 65.4 Å². The standard InChI is InChI=1S/C33H37N5O2.Pt/c1-20(2)31-32(21(3)4)37-28(35-31)18-27(19-30(37)40-29-16-24(13-14-34-29)33(7,8)9)39-26-12-10-11-25(17-26)38-23(6)15-22(5)36-38;/h10-16,18,20-21H,1-9H3;/q-2;+2. The molecule has 4 aromatic heterocycles. The third-order valence-electron chi connectivity index (χ3n) is 6.77. The molecular weight excluding hydrogens is 693 g/mol. The molecule has 0 saturated heterocycles. The van der Waals surface area contributed by atoms with Crippen molar-refractivity contribution in [1.82, 2.24) is 24.1 Å². The molecule has 0 spiro atoms. The maximum atomic E-state index is 6.45. The minimum absolute atomic E-state index is 0. The first-order valence-electron chi connectivity index (χ1n) is 13.8. The normalized spacial score (nSPS) is 11.8. The smallest absolute Gasteiger partial charge is 0.521 e. The average Bonchev–Trinajstić information content (AvgIpc) is 3.43. The van der Waals surface area contributed by atoms with E-state index in [4.69, 9.17) is 14.5 Å². The molecule has 1 aromatic carbocycles. The predicted octanol–water partition coefficient (Wildman–Crippen LogP) is 8.26. The number of pyridine rings is 2. The molecule has 0 radical (unpaired) electrons. The molecule has 5 aromatic rings. The van der Waals surface area contributed by atoms with Crippen LogP contribution in [0.3, 0.4) is 0 Å². The van der Waals surface area contributed by atoms with Crippen LogP contribution in [0, 0.1) is 26.0 Å². The largest absolute Gasteiger partial charge is 2.00 e. The monoisotopic (exact) mass is 730 g/mol. The van der Waals surface area contributed by atoms with E-state index in [2.05, 4.69) is 70.7 Å². The first-order chi connectivity index (χ1) is 18.9. The Morgan fingerprint density at radius 2 is 1.63 bits per heavy atom. The molecule has 0 aliphatic rings. The average molecular weight is 731 g/mol. The third-order valence-corrected chi connectivity index (χ3v) is 6.77. The molecule has 0 unspecified atom stereocenters. The molecule has 7 nitrogen and oxygen atoms in total. The van der Waals surface area contributed by atoms with Crippen LogP contribution in [0.4, 0.5) is 0 Å². The number of aryl methyl sites for hydroxylation is 2. The van der Waals surface area contributed by atoms with Gasteiger partial charge in [0.15, 0.2) is 0 Å². The van der Waals surface area contributed by atoms with Gasteiger partial charge in [-0.3, -0.25) is 14.1 Å². The Kier molecular flexibility index (Phi) is 8.79. The molecule has 8 heteroatoms. The second kappa shape index (κ2) is 11.8. The van der Waals surface area contributed by atoms with Gasteiger partial charge in [-0.1, -0.05) is 48.5 Å². The SMILES string of the molecule is Cc1cc(C)n(-c2[c-]c(Oc3[c-]c(Oc4cc(C(C)(C)C)ccn4)n4c(C(C)C)c(C(C)C)nc4c3)ccc2)n1.[Pt+2]. The van der Waals surface area contributed by atoms with Crippen molar-refractivity contribution in [3.8, 4) is 28.9 Å². The zero-order valence-corrected chi connectivity index (χ0v) is 27.4. The molecule has 0 amide bonds. The maximum absolute atomic E-state index is 6.45. The number of imidazole rings is 1. The number of hydrogen-bond acceptors (Lipinski definition) is 5. The summed E-state index contributed by atoms with van der Waals surface area (Å²) >= 11 is 0. The van der Waals surface area contributed by atoms with Gasteiger partial charge in [-0.05, 0) is 60.2 Å². The van der Waals surface area contributed by atoms with Crippen molar-refractivity contribution in [2.45, 2.75) is 79.6 Å². The van der Waals surface area contributed by atoms with Gasteiger partial charge in [0, 0.05) is 29.4 Å². The zero-order chi connectivity index (χ0) is 28.8. The molecule has 0 aliphatic heterocycles. The second-order valence-corrected chi connectivity index (χ2v) is 11.9. The summed E-state index contributed by atoms with van der Waals surface area (Å²) in [7, 11) is 0. The molecule has 41 heavy (non-hydrogen) atoms. The Bertz CT molecular complexity index is 1680. The topological polar surface area (TPSA) is 66.5 Å². The van der Waals surface area contributed by atoms with Crippen LogP contribution < -0.4 is 9.47 Å². The summed E-state index contributed by atoms with van der Waals surface area (Å²) in [5, 5.41) is 4.58. The first-order valence-corrected chi connectivity index (χ1v) is 13.8.